The van der Waals surface area contributed by atoms with Crippen LogP contribution < -0.4 is 5.32 Å². The predicted octanol–water partition coefficient (Wildman–Crippen LogP) is 4.35. The van der Waals surface area contributed by atoms with Crippen molar-refractivity contribution >= 4 is 11.6 Å². The number of nitrogens with one attached hydrogen (secondary N) is 1. The van der Waals surface area contributed by atoms with Gasteiger partial charge in [0.2, 0.25) is 0 Å². The van der Waals surface area contributed by atoms with Crippen molar-refractivity contribution in [3.05, 3.63) is 64.7 Å². The molecule has 1 aliphatic carbocycles. The number of aromatic nitrogens is 6. The monoisotopic (exact) mass is 449 g/mol. The van der Waals surface area contributed by atoms with Crippen LogP contribution in [0.5, 0.6) is 0 Å². The highest BCUT2D eigenvalue weighted by molar-refractivity contribution is 5.72. The second kappa shape index (κ2) is 8.45. The molecule has 0 unspecified atom stereocenters. The number of rotatable bonds is 6. The topological polar surface area (TPSA) is 121 Å². The summed E-state index contributed by atoms with van der Waals surface area (Å²) in [6.45, 7) is 6.54. The summed E-state index contributed by atoms with van der Waals surface area (Å²) >= 11 is 0. The maximum absolute atomic E-state index is 9.40. The van der Waals surface area contributed by atoms with Gasteiger partial charge in [-0.1, -0.05) is 12.1 Å². The molecule has 1 saturated carbocycles. The number of nitriles is 2. The molecular formula is C25H23N9. The molecule has 3 heterocycles. The molecular weight excluding hydrogens is 426 g/mol. The normalized spacial score (nSPS) is 12.9. The van der Waals surface area contributed by atoms with Crippen LogP contribution in [-0.4, -0.2) is 29.5 Å². The number of hydrogen-bond donors (Lipinski definition) is 1. The van der Waals surface area contributed by atoms with Crippen molar-refractivity contribution in [3.63, 3.8) is 0 Å². The van der Waals surface area contributed by atoms with Crippen LogP contribution in [0.4, 0.5) is 11.6 Å². The zero-order valence-corrected chi connectivity index (χ0v) is 19.2. The summed E-state index contributed by atoms with van der Waals surface area (Å²) in [6.07, 6.45) is 3.90. The molecule has 9 heteroatoms. The van der Waals surface area contributed by atoms with Crippen LogP contribution >= 0.6 is 0 Å². The standard InChI is InChI=1S/C25H23N9/c1-15-24(20-8-6-18(11-26)7-9-20)32-33(13-19-4-5-19)25(15)30-22-10-23(29-14-28-22)34-17(3)21(12-27)16(2)31-34/h6-10,14,19H,4-5,13H2,1-3H3,(H,28,29,30). The van der Waals surface area contributed by atoms with Gasteiger partial charge in [-0.05, 0) is 51.7 Å². The van der Waals surface area contributed by atoms with Gasteiger partial charge in [0, 0.05) is 23.7 Å². The summed E-state index contributed by atoms with van der Waals surface area (Å²) in [5.41, 5.74) is 5.42. The van der Waals surface area contributed by atoms with E-state index in [-0.39, 0.29) is 0 Å². The second-order valence-electron chi connectivity index (χ2n) is 8.59. The molecule has 1 N–H and O–H groups in total. The van der Waals surface area contributed by atoms with E-state index in [1.165, 1.54) is 19.2 Å². The Bertz CT molecular complexity index is 1460. The van der Waals surface area contributed by atoms with Crippen LogP contribution in [0.3, 0.4) is 0 Å². The average molecular weight is 450 g/mol. The van der Waals surface area contributed by atoms with Gasteiger partial charge in [-0.25, -0.2) is 19.3 Å². The van der Waals surface area contributed by atoms with Gasteiger partial charge in [0.05, 0.1) is 34.3 Å². The molecule has 9 nitrogen and oxygen atoms in total. The number of nitrogens with zero attached hydrogens (tertiary/aromatic N) is 8. The molecule has 0 amide bonds. The highest BCUT2D eigenvalue weighted by atomic mass is 15.4. The summed E-state index contributed by atoms with van der Waals surface area (Å²) in [5, 5.41) is 31.3. The molecule has 0 radical (unpaired) electrons. The lowest BCUT2D eigenvalue weighted by molar-refractivity contribution is 0.571. The van der Waals surface area contributed by atoms with E-state index in [4.69, 9.17) is 10.4 Å². The summed E-state index contributed by atoms with van der Waals surface area (Å²) in [4.78, 5) is 8.78. The molecule has 4 aromatic rings. The minimum absolute atomic E-state index is 0.554. The van der Waals surface area contributed by atoms with Crippen LogP contribution in [-0.2, 0) is 6.54 Å². The Hall–Kier alpha value is -4.50. The Labute approximate surface area is 197 Å². The van der Waals surface area contributed by atoms with E-state index < -0.39 is 0 Å². The first-order valence-corrected chi connectivity index (χ1v) is 11.1. The van der Waals surface area contributed by atoms with Gasteiger partial charge < -0.3 is 5.32 Å². The average Bonchev–Trinajstić information content (AvgIpc) is 3.56. The third-order valence-corrected chi connectivity index (χ3v) is 6.12. The fourth-order valence-electron chi connectivity index (χ4n) is 4.04. The number of anilines is 2. The Balaban J connectivity index is 1.52. The zero-order chi connectivity index (χ0) is 23.8. The molecule has 0 atom stereocenters. The largest absolute Gasteiger partial charge is 0.325 e. The van der Waals surface area contributed by atoms with Gasteiger partial charge in [0.25, 0.3) is 0 Å². The van der Waals surface area contributed by atoms with Crippen LogP contribution in [0, 0.1) is 49.4 Å². The predicted molar refractivity (Wildman–Crippen MR) is 126 cm³/mol. The van der Waals surface area contributed by atoms with E-state index in [0.717, 1.165) is 34.9 Å². The van der Waals surface area contributed by atoms with Gasteiger partial charge in [-0.15, -0.1) is 0 Å². The van der Waals surface area contributed by atoms with Crippen LogP contribution in [0.25, 0.3) is 17.1 Å². The van der Waals surface area contributed by atoms with Crippen molar-refractivity contribution in [2.75, 3.05) is 5.32 Å². The Morgan fingerprint density at radius 1 is 1.03 bits per heavy atom. The van der Waals surface area contributed by atoms with E-state index in [1.54, 1.807) is 4.68 Å². The molecule has 34 heavy (non-hydrogen) atoms. The van der Waals surface area contributed by atoms with Gasteiger partial charge in [-0.2, -0.15) is 20.7 Å². The van der Waals surface area contributed by atoms with Crippen LogP contribution in [0.15, 0.2) is 36.7 Å². The smallest absolute Gasteiger partial charge is 0.159 e. The fourth-order valence-corrected chi connectivity index (χ4v) is 4.04. The molecule has 1 aliphatic rings. The lowest BCUT2D eigenvalue weighted by atomic mass is 10.1. The van der Waals surface area contributed by atoms with Crippen LogP contribution in [0.1, 0.15) is 40.9 Å². The molecule has 1 fully saturated rings. The minimum Gasteiger partial charge on any atom is -0.325 e. The summed E-state index contributed by atoms with van der Waals surface area (Å²) in [7, 11) is 0. The molecule has 1 aromatic carbocycles. The molecule has 5 rings (SSSR count). The Morgan fingerprint density at radius 3 is 2.44 bits per heavy atom. The van der Waals surface area contributed by atoms with Crippen molar-refractivity contribution in [1.82, 2.24) is 29.5 Å². The quantitative estimate of drug-likeness (QED) is 0.464. The van der Waals surface area contributed by atoms with Gasteiger partial charge in [-0.3, -0.25) is 0 Å². The molecule has 3 aromatic heterocycles. The lowest BCUT2D eigenvalue weighted by Gasteiger charge is -2.11. The molecule has 168 valence electrons. The van der Waals surface area contributed by atoms with E-state index in [2.05, 4.69) is 32.5 Å². The molecule has 0 aliphatic heterocycles. The number of benzene rings is 1. The van der Waals surface area contributed by atoms with Crippen LogP contribution in [0.2, 0.25) is 0 Å². The fraction of sp³-hybridized carbons (Fsp3) is 0.280. The highest BCUT2D eigenvalue weighted by Crippen LogP contribution is 2.35. The van der Waals surface area contributed by atoms with Crippen molar-refractivity contribution < 1.29 is 0 Å². The minimum atomic E-state index is 0.554. The van der Waals surface area contributed by atoms with E-state index in [9.17, 15) is 5.26 Å². The summed E-state index contributed by atoms with van der Waals surface area (Å²) in [5.74, 6) is 2.70. The maximum Gasteiger partial charge on any atom is 0.159 e. The van der Waals surface area contributed by atoms with Gasteiger partial charge in [0.15, 0.2) is 5.82 Å². The van der Waals surface area contributed by atoms with Gasteiger partial charge in [0.1, 0.15) is 24.0 Å². The number of aryl methyl sites for hydroxylation is 1. The van der Waals surface area contributed by atoms with Crippen molar-refractivity contribution in [3.8, 4) is 29.2 Å². The molecule has 0 saturated heterocycles. The Morgan fingerprint density at radius 2 is 1.79 bits per heavy atom. The number of hydrogen-bond acceptors (Lipinski definition) is 7. The van der Waals surface area contributed by atoms with Crippen molar-refractivity contribution in [1.29, 1.82) is 10.5 Å². The SMILES string of the molecule is Cc1nn(-c2cc(Nc3c(C)c(-c4ccc(C#N)cc4)nn3CC3CC3)ncn2)c(C)c1C#N. The van der Waals surface area contributed by atoms with E-state index >= 15 is 0 Å². The summed E-state index contributed by atoms with van der Waals surface area (Å²) in [6, 6.07) is 13.6. The lowest BCUT2D eigenvalue weighted by Crippen LogP contribution is -2.09. The maximum atomic E-state index is 9.40. The molecule has 0 spiro atoms. The third-order valence-electron chi connectivity index (χ3n) is 6.12. The van der Waals surface area contributed by atoms with Gasteiger partial charge >= 0.3 is 0 Å². The Kier molecular flexibility index (Phi) is 5.31. The van der Waals surface area contributed by atoms with Crippen molar-refractivity contribution in [2.45, 2.75) is 40.2 Å². The van der Waals surface area contributed by atoms with E-state index in [0.29, 0.717) is 34.4 Å². The highest BCUT2D eigenvalue weighted by Gasteiger charge is 2.26. The molecule has 0 bridgehead atoms. The first-order valence-electron chi connectivity index (χ1n) is 11.1. The summed E-state index contributed by atoms with van der Waals surface area (Å²) < 4.78 is 3.68. The second-order valence-corrected chi connectivity index (χ2v) is 8.59. The first-order chi connectivity index (χ1) is 16.5. The first kappa shape index (κ1) is 21.4. The third kappa shape index (κ3) is 3.89. The van der Waals surface area contributed by atoms with Crippen molar-refractivity contribution in [2.24, 2.45) is 5.92 Å². The van der Waals surface area contributed by atoms with E-state index in [1.807, 2.05) is 55.8 Å². The zero-order valence-electron chi connectivity index (χ0n) is 19.2.